The van der Waals surface area contributed by atoms with Crippen LogP contribution in [0.15, 0.2) is 53.4 Å². The molecule has 1 aliphatic heterocycles. The van der Waals surface area contributed by atoms with Crippen LogP contribution >= 0.6 is 23.2 Å². The average molecular weight is 426 g/mol. The van der Waals surface area contributed by atoms with E-state index in [2.05, 4.69) is 0 Å². The van der Waals surface area contributed by atoms with Gasteiger partial charge in [-0.05, 0) is 48.0 Å². The molecule has 0 aromatic heterocycles. The van der Waals surface area contributed by atoms with Crippen molar-refractivity contribution in [1.29, 1.82) is 0 Å². The van der Waals surface area contributed by atoms with E-state index in [9.17, 15) is 13.2 Å². The molecule has 5 nitrogen and oxygen atoms in total. The lowest BCUT2D eigenvalue weighted by Crippen LogP contribution is -2.40. The maximum absolute atomic E-state index is 12.6. The monoisotopic (exact) mass is 425 g/mol. The topological polar surface area (TPSA) is 63.7 Å². The number of hydrogen-bond acceptors (Lipinski definition) is 4. The highest BCUT2D eigenvalue weighted by Crippen LogP contribution is 2.23. The summed E-state index contributed by atoms with van der Waals surface area (Å²) in [4.78, 5) is 12.5. The number of benzene rings is 2. The first-order chi connectivity index (χ1) is 12.9. The van der Waals surface area contributed by atoms with Gasteiger partial charge in [0.15, 0.2) is 5.78 Å². The number of ether oxygens (including phenoxy) is 1. The molecular formula is C19H17Cl2NO4S. The Hall–Kier alpha value is -1.70. The highest BCUT2D eigenvalue weighted by molar-refractivity contribution is 7.89. The molecule has 0 aliphatic carbocycles. The van der Waals surface area contributed by atoms with Crippen LogP contribution in [-0.2, 0) is 14.8 Å². The number of sulfonamides is 1. The fraction of sp³-hybridized carbons (Fsp3) is 0.211. The number of morpholine rings is 1. The number of carbonyl (C=O) groups is 1. The third-order valence-electron chi connectivity index (χ3n) is 4.12. The summed E-state index contributed by atoms with van der Waals surface area (Å²) in [5, 5.41) is 0.848. The van der Waals surface area contributed by atoms with E-state index >= 15 is 0 Å². The Labute approximate surface area is 168 Å². The van der Waals surface area contributed by atoms with Crippen molar-refractivity contribution in [2.45, 2.75) is 4.90 Å². The largest absolute Gasteiger partial charge is 0.379 e. The van der Waals surface area contributed by atoms with Gasteiger partial charge in [-0.25, -0.2) is 8.42 Å². The second-order valence-corrected chi connectivity index (χ2v) is 8.66. The molecule has 0 radical (unpaired) electrons. The Morgan fingerprint density at radius 1 is 1.00 bits per heavy atom. The van der Waals surface area contributed by atoms with Gasteiger partial charge < -0.3 is 4.74 Å². The van der Waals surface area contributed by atoms with Gasteiger partial charge >= 0.3 is 0 Å². The first kappa shape index (κ1) is 20.0. The molecule has 1 saturated heterocycles. The summed E-state index contributed by atoms with van der Waals surface area (Å²) in [6, 6.07) is 11.0. The van der Waals surface area contributed by atoms with E-state index in [-0.39, 0.29) is 10.7 Å². The molecule has 3 rings (SSSR count). The van der Waals surface area contributed by atoms with E-state index in [0.29, 0.717) is 41.9 Å². The smallest absolute Gasteiger partial charge is 0.243 e. The minimum absolute atomic E-state index is 0.161. The quantitative estimate of drug-likeness (QED) is 0.537. The maximum atomic E-state index is 12.6. The number of rotatable bonds is 5. The van der Waals surface area contributed by atoms with Gasteiger partial charge in [0.1, 0.15) is 0 Å². The molecule has 0 saturated carbocycles. The molecule has 27 heavy (non-hydrogen) atoms. The van der Waals surface area contributed by atoms with Gasteiger partial charge in [0.2, 0.25) is 10.0 Å². The van der Waals surface area contributed by atoms with Crippen molar-refractivity contribution in [3.8, 4) is 0 Å². The van der Waals surface area contributed by atoms with Crippen molar-refractivity contribution in [1.82, 2.24) is 4.31 Å². The van der Waals surface area contributed by atoms with Crippen LogP contribution in [0.1, 0.15) is 15.9 Å². The predicted octanol–water partition coefficient (Wildman–Crippen LogP) is 3.91. The van der Waals surface area contributed by atoms with Crippen molar-refractivity contribution >= 4 is 45.1 Å². The standard InChI is InChI=1S/C19H17Cl2NO4S/c20-17-7-1-14(13-18(17)21)2-8-19(23)15-3-5-16(6-4-15)27(24,25)22-9-11-26-12-10-22/h1-8,13H,9-12H2/b8-2+. The van der Waals surface area contributed by atoms with E-state index < -0.39 is 10.0 Å². The summed E-state index contributed by atoms with van der Waals surface area (Å²) in [7, 11) is -3.57. The third-order valence-corrected chi connectivity index (χ3v) is 6.77. The number of carbonyl (C=O) groups excluding carboxylic acids is 1. The minimum atomic E-state index is -3.57. The minimum Gasteiger partial charge on any atom is -0.379 e. The molecule has 2 aromatic rings. The molecule has 2 aromatic carbocycles. The number of hydrogen-bond donors (Lipinski definition) is 0. The van der Waals surface area contributed by atoms with E-state index in [0.717, 1.165) is 5.56 Å². The normalized spacial score (nSPS) is 15.9. The van der Waals surface area contributed by atoms with Crippen molar-refractivity contribution in [3.63, 3.8) is 0 Å². The van der Waals surface area contributed by atoms with Crippen LogP contribution in [0, 0.1) is 0 Å². The predicted molar refractivity (Wildman–Crippen MR) is 106 cm³/mol. The van der Waals surface area contributed by atoms with E-state index in [1.165, 1.54) is 34.6 Å². The summed E-state index contributed by atoms with van der Waals surface area (Å²) >= 11 is 11.8. The third kappa shape index (κ3) is 4.78. The van der Waals surface area contributed by atoms with Crippen molar-refractivity contribution in [3.05, 3.63) is 69.7 Å². The van der Waals surface area contributed by atoms with Crippen LogP contribution in [0.25, 0.3) is 6.08 Å². The summed E-state index contributed by atoms with van der Waals surface area (Å²) in [5.74, 6) is -0.239. The fourth-order valence-electron chi connectivity index (χ4n) is 2.61. The molecule has 8 heteroatoms. The zero-order valence-electron chi connectivity index (χ0n) is 14.3. The lowest BCUT2D eigenvalue weighted by molar-refractivity contribution is 0.0730. The molecular weight excluding hydrogens is 409 g/mol. The zero-order chi connectivity index (χ0) is 19.4. The van der Waals surface area contributed by atoms with Crippen LogP contribution in [0.4, 0.5) is 0 Å². The Kier molecular flexibility index (Phi) is 6.34. The number of ketones is 1. The first-order valence-corrected chi connectivity index (χ1v) is 10.4. The fourth-order valence-corrected chi connectivity index (χ4v) is 4.33. The second-order valence-electron chi connectivity index (χ2n) is 5.91. The van der Waals surface area contributed by atoms with Gasteiger partial charge in [-0.15, -0.1) is 0 Å². The Morgan fingerprint density at radius 2 is 1.67 bits per heavy atom. The number of nitrogens with zero attached hydrogens (tertiary/aromatic N) is 1. The molecule has 1 aliphatic rings. The second kappa shape index (κ2) is 8.54. The Balaban J connectivity index is 1.73. The molecule has 0 atom stereocenters. The Bertz CT molecular complexity index is 966. The van der Waals surface area contributed by atoms with Gasteiger partial charge in [0, 0.05) is 18.7 Å². The van der Waals surface area contributed by atoms with Crippen molar-refractivity contribution in [2.75, 3.05) is 26.3 Å². The van der Waals surface area contributed by atoms with Crippen molar-refractivity contribution < 1.29 is 17.9 Å². The van der Waals surface area contributed by atoms with Crippen LogP contribution in [0.2, 0.25) is 10.0 Å². The average Bonchev–Trinajstić information content (AvgIpc) is 2.69. The first-order valence-electron chi connectivity index (χ1n) is 8.23. The summed E-state index contributed by atoms with van der Waals surface area (Å²) in [6.07, 6.45) is 3.04. The highest BCUT2D eigenvalue weighted by Gasteiger charge is 2.26. The number of allylic oxidation sites excluding steroid dienone is 1. The van der Waals surface area contributed by atoms with Crippen LogP contribution in [0.5, 0.6) is 0 Å². The lowest BCUT2D eigenvalue weighted by atomic mass is 10.1. The molecule has 0 unspecified atom stereocenters. The van der Waals surface area contributed by atoms with Crippen LogP contribution in [-0.4, -0.2) is 44.8 Å². The van der Waals surface area contributed by atoms with E-state index in [4.69, 9.17) is 27.9 Å². The van der Waals surface area contributed by atoms with Crippen molar-refractivity contribution in [2.24, 2.45) is 0 Å². The molecule has 0 N–H and O–H groups in total. The van der Waals surface area contributed by atoms with Gasteiger partial charge in [0.25, 0.3) is 0 Å². The van der Waals surface area contributed by atoms with Crippen LogP contribution in [0.3, 0.4) is 0 Å². The van der Waals surface area contributed by atoms with Gasteiger partial charge in [0.05, 0.1) is 28.2 Å². The van der Waals surface area contributed by atoms with Gasteiger partial charge in [-0.1, -0.05) is 35.3 Å². The molecule has 0 amide bonds. The summed E-state index contributed by atoms with van der Waals surface area (Å²) in [6.45, 7) is 1.43. The molecule has 0 bridgehead atoms. The molecule has 0 spiro atoms. The molecule has 1 heterocycles. The molecule has 142 valence electrons. The number of halogens is 2. The van der Waals surface area contributed by atoms with E-state index in [1.807, 2.05) is 0 Å². The van der Waals surface area contributed by atoms with Crippen LogP contribution < -0.4 is 0 Å². The maximum Gasteiger partial charge on any atom is 0.243 e. The van der Waals surface area contributed by atoms with Gasteiger partial charge in [-0.3, -0.25) is 4.79 Å². The zero-order valence-corrected chi connectivity index (χ0v) is 16.6. The van der Waals surface area contributed by atoms with Gasteiger partial charge in [-0.2, -0.15) is 4.31 Å². The lowest BCUT2D eigenvalue weighted by Gasteiger charge is -2.26. The van der Waals surface area contributed by atoms with E-state index in [1.54, 1.807) is 24.3 Å². The highest BCUT2D eigenvalue weighted by atomic mass is 35.5. The Morgan fingerprint density at radius 3 is 2.30 bits per heavy atom. The summed E-state index contributed by atoms with van der Waals surface area (Å²) in [5.41, 5.74) is 1.14. The molecule has 1 fully saturated rings. The SMILES string of the molecule is O=C(/C=C/c1ccc(Cl)c(Cl)c1)c1ccc(S(=O)(=O)N2CCOCC2)cc1. The summed E-state index contributed by atoms with van der Waals surface area (Å²) < 4.78 is 31.7.